The number of halogens is 2. The molecule has 0 saturated carbocycles. The summed E-state index contributed by atoms with van der Waals surface area (Å²) < 4.78 is 22.7. The lowest BCUT2D eigenvalue weighted by Gasteiger charge is -2.29. The first kappa shape index (κ1) is 26.4. The monoisotopic (exact) mass is 626 g/mol. The van der Waals surface area contributed by atoms with Crippen LogP contribution in [0.25, 0.3) is 6.08 Å². The van der Waals surface area contributed by atoms with Gasteiger partial charge in [0.2, 0.25) is 5.75 Å². The average molecular weight is 628 g/mol. The molecule has 2 aromatic rings. The van der Waals surface area contributed by atoms with Crippen LogP contribution in [0, 0.1) is 0 Å². The summed E-state index contributed by atoms with van der Waals surface area (Å²) in [4.78, 5) is 29.1. The van der Waals surface area contributed by atoms with Gasteiger partial charge in [0.05, 0.1) is 25.8 Å². The van der Waals surface area contributed by atoms with Crippen LogP contribution in [0.5, 0.6) is 23.0 Å². The van der Waals surface area contributed by atoms with E-state index in [9.17, 15) is 9.59 Å². The van der Waals surface area contributed by atoms with E-state index in [1.54, 1.807) is 24.3 Å². The lowest BCUT2D eigenvalue weighted by molar-refractivity contribution is -0.132. The Bertz CT molecular complexity index is 1260. The number of hydrazine groups is 1. The predicted molar refractivity (Wildman–Crippen MR) is 141 cm³/mol. The Morgan fingerprint density at radius 1 is 1.09 bits per heavy atom. The number of carbonyl (C=O) groups excluding carboxylic acids is 2. The van der Waals surface area contributed by atoms with Gasteiger partial charge in [0.15, 0.2) is 28.2 Å². The van der Waals surface area contributed by atoms with Crippen molar-refractivity contribution in [3.8, 4) is 23.0 Å². The van der Waals surface area contributed by atoms with Crippen molar-refractivity contribution < 1.29 is 28.5 Å². The highest BCUT2D eigenvalue weighted by Crippen LogP contribution is 2.39. The molecule has 184 valence electrons. The lowest BCUT2D eigenvalue weighted by atomic mass is 10.1. The summed E-state index contributed by atoms with van der Waals surface area (Å²) in [7, 11) is 4.44. The van der Waals surface area contributed by atoms with Crippen molar-refractivity contribution in [2.45, 2.75) is 6.92 Å². The molecule has 0 aromatic heterocycles. The number of benzene rings is 2. The number of thiocarbonyl (C=S) groups is 1. The standard InChI is InChI=1S/C22H20Br2N4O6S/c1-10(29)34-18-11(5-13(23)9-14(18)24)6-15-21(30)27-28(22(25)35)20(26-15)12-7-16(31-2)19(33-4)17(8-12)32-3/h5-9H,1-4H3,(H2,25,35)(H,27,30)/b15-6-. The average Bonchev–Trinajstić information content (AvgIpc) is 2.80. The Hall–Kier alpha value is -3.16. The highest BCUT2D eigenvalue weighted by molar-refractivity contribution is 9.11. The number of methoxy groups -OCH3 is 3. The molecule has 0 fully saturated rings. The Morgan fingerprint density at radius 2 is 1.71 bits per heavy atom. The minimum Gasteiger partial charge on any atom is -0.493 e. The van der Waals surface area contributed by atoms with E-state index in [0.29, 0.717) is 37.3 Å². The first-order chi connectivity index (χ1) is 16.6. The molecule has 1 amide bonds. The fourth-order valence-electron chi connectivity index (χ4n) is 3.17. The van der Waals surface area contributed by atoms with Crippen LogP contribution in [0.15, 0.2) is 43.9 Å². The molecule has 1 aliphatic heterocycles. The van der Waals surface area contributed by atoms with Gasteiger partial charge >= 0.3 is 5.97 Å². The number of rotatable bonds is 6. The molecule has 2 aromatic carbocycles. The Morgan fingerprint density at radius 3 is 2.23 bits per heavy atom. The molecule has 1 aliphatic rings. The summed E-state index contributed by atoms with van der Waals surface area (Å²) in [5, 5.41) is 1.02. The maximum atomic E-state index is 12.9. The minimum atomic E-state index is -0.584. The molecule has 1 heterocycles. The summed E-state index contributed by atoms with van der Waals surface area (Å²) in [6.07, 6.45) is 1.47. The Labute approximate surface area is 223 Å². The van der Waals surface area contributed by atoms with Crippen LogP contribution in [-0.4, -0.2) is 49.2 Å². The molecule has 0 aliphatic carbocycles. The van der Waals surface area contributed by atoms with Crippen LogP contribution in [0.4, 0.5) is 0 Å². The minimum absolute atomic E-state index is 0.000321. The molecule has 3 N–H and O–H groups in total. The molecule has 0 atom stereocenters. The van der Waals surface area contributed by atoms with Crippen molar-refractivity contribution in [3.63, 3.8) is 0 Å². The van der Waals surface area contributed by atoms with Crippen LogP contribution in [-0.2, 0) is 9.59 Å². The molecule has 10 nitrogen and oxygen atoms in total. The van der Waals surface area contributed by atoms with E-state index in [4.69, 9.17) is 36.9 Å². The Kier molecular flexibility index (Phi) is 8.35. The zero-order valence-corrected chi connectivity index (χ0v) is 23.0. The molecule has 0 saturated heterocycles. The topological polar surface area (TPSA) is 125 Å². The van der Waals surface area contributed by atoms with E-state index in [2.05, 4.69) is 42.3 Å². The van der Waals surface area contributed by atoms with Crippen molar-refractivity contribution in [1.82, 2.24) is 10.4 Å². The first-order valence-electron chi connectivity index (χ1n) is 9.78. The third kappa shape index (κ3) is 5.74. The summed E-state index contributed by atoms with van der Waals surface area (Å²) in [6, 6.07) is 6.67. The number of hydrogen-bond acceptors (Lipinski definition) is 8. The third-order valence-electron chi connectivity index (χ3n) is 4.60. The fourth-order valence-corrected chi connectivity index (χ4v) is 4.65. The van der Waals surface area contributed by atoms with Crippen LogP contribution in [0.2, 0.25) is 0 Å². The van der Waals surface area contributed by atoms with E-state index >= 15 is 0 Å². The number of nitrogens with two attached hydrogens (primary N) is 1. The second kappa shape index (κ2) is 11.1. The molecule has 3 rings (SSSR count). The SMILES string of the molecule is COc1cc(C2=N/C(=C\c3cc(Br)cc(Br)c3OC(C)=O)C(=O)NN2C(N)=S)cc(OC)c1OC. The van der Waals surface area contributed by atoms with Gasteiger partial charge in [0.1, 0.15) is 5.70 Å². The van der Waals surface area contributed by atoms with Gasteiger partial charge in [-0.05, 0) is 58.5 Å². The number of ether oxygens (including phenoxy) is 4. The van der Waals surface area contributed by atoms with E-state index in [1.807, 2.05) is 0 Å². The largest absolute Gasteiger partial charge is 0.493 e. The lowest BCUT2D eigenvalue weighted by Crippen LogP contribution is -2.55. The van der Waals surface area contributed by atoms with Gasteiger partial charge < -0.3 is 24.7 Å². The number of aliphatic imine (C=N–C) groups is 1. The molecule has 0 spiro atoms. The van der Waals surface area contributed by atoms with Crippen molar-refractivity contribution >= 4 is 73.0 Å². The number of esters is 1. The van der Waals surface area contributed by atoms with Gasteiger partial charge in [0.25, 0.3) is 5.91 Å². The summed E-state index contributed by atoms with van der Waals surface area (Å²) in [5.41, 5.74) is 9.36. The molecule has 35 heavy (non-hydrogen) atoms. The van der Waals surface area contributed by atoms with E-state index in [-0.39, 0.29) is 22.4 Å². The fraction of sp³-hybridized carbons (Fsp3) is 0.182. The van der Waals surface area contributed by atoms with Crippen molar-refractivity contribution in [2.75, 3.05) is 21.3 Å². The molecule has 0 unspecified atom stereocenters. The number of hydrogen-bond donors (Lipinski definition) is 2. The van der Waals surface area contributed by atoms with E-state index < -0.39 is 11.9 Å². The van der Waals surface area contributed by atoms with Gasteiger partial charge in [-0.3, -0.25) is 15.0 Å². The number of amidine groups is 1. The number of amides is 1. The molecular formula is C22H20Br2N4O6S. The summed E-state index contributed by atoms with van der Waals surface area (Å²) >= 11 is 11.9. The highest BCUT2D eigenvalue weighted by Gasteiger charge is 2.29. The van der Waals surface area contributed by atoms with Crippen molar-refractivity contribution in [2.24, 2.45) is 10.7 Å². The molecular weight excluding hydrogens is 608 g/mol. The number of nitrogens with one attached hydrogen (secondary N) is 1. The predicted octanol–water partition coefficient (Wildman–Crippen LogP) is 3.54. The molecule has 13 heteroatoms. The van der Waals surface area contributed by atoms with Gasteiger partial charge in [-0.1, -0.05) is 15.9 Å². The first-order valence-corrected chi connectivity index (χ1v) is 11.8. The zero-order valence-electron chi connectivity index (χ0n) is 19.0. The summed E-state index contributed by atoms with van der Waals surface area (Å²) in [6.45, 7) is 1.28. The molecule has 0 bridgehead atoms. The number of nitrogens with zero attached hydrogens (tertiary/aromatic N) is 2. The normalized spacial score (nSPS) is 14.2. The quantitative estimate of drug-likeness (QED) is 0.214. The van der Waals surface area contributed by atoms with Crippen LogP contribution >= 0.6 is 44.1 Å². The van der Waals surface area contributed by atoms with E-state index in [1.165, 1.54) is 39.3 Å². The summed E-state index contributed by atoms with van der Waals surface area (Å²) in [5.74, 6) is 0.418. The van der Waals surface area contributed by atoms with Gasteiger partial charge in [-0.25, -0.2) is 10.0 Å². The smallest absolute Gasteiger partial charge is 0.308 e. The van der Waals surface area contributed by atoms with Gasteiger partial charge in [-0.15, -0.1) is 0 Å². The number of carbonyl (C=O) groups is 2. The van der Waals surface area contributed by atoms with Gasteiger partial charge in [-0.2, -0.15) is 0 Å². The van der Waals surface area contributed by atoms with Crippen LogP contribution < -0.4 is 30.1 Å². The Balaban J connectivity index is 2.24. The van der Waals surface area contributed by atoms with Crippen LogP contribution in [0.3, 0.4) is 0 Å². The van der Waals surface area contributed by atoms with Crippen molar-refractivity contribution in [1.29, 1.82) is 0 Å². The maximum Gasteiger partial charge on any atom is 0.308 e. The second-order valence-corrected chi connectivity index (χ2v) is 9.08. The maximum absolute atomic E-state index is 12.9. The van der Waals surface area contributed by atoms with Crippen molar-refractivity contribution in [3.05, 3.63) is 50.0 Å². The van der Waals surface area contributed by atoms with Crippen LogP contribution in [0.1, 0.15) is 18.1 Å². The zero-order chi connectivity index (χ0) is 25.9. The highest BCUT2D eigenvalue weighted by atomic mass is 79.9. The second-order valence-electron chi connectivity index (χ2n) is 6.89. The third-order valence-corrected chi connectivity index (χ3v) is 5.83. The molecule has 0 radical (unpaired) electrons. The van der Waals surface area contributed by atoms with Gasteiger partial charge in [0, 0.05) is 22.5 Å². The van der Waals surface area contributed by atoms with E-state index in [0.717, 1.165) is 0 Å².